The van der Waals surface area contributed by atoms with Crippen LogP contribution in [0.15, 0.2) is 36.5 Å². The summed E-state index contributed by atoms with van der Waals surface area (Å²) < 4.78 is 30.3. The fraction of sp³-hybridized carbons (Fsp3) is 0.458. The molecule has 5 nitrogen and oxygen atoms in total. The molecule has 7 heteroatoms. The number of amides is 1. The van der Waals surface area contributed by atoms with E-state index in [2.05, 4.69) is 28.4 Å². The smallest absolute Gasteiger partial charge is 0.301 e. The van der Waals surface area contributed by atoms with E-state index in [0.29, 0.717) is 18.5 Å². The molecule has 0 spiro atoms. The Morgan fingerprint density at radius 3 is 2.77 bits per heavy atom. The number of carbonyl (C=O) groups is 1. The van der Waals surface area contributed by atoms with Gasteiger partial charge in [0.05, 0.1) is 11.6 Å². The number of nitrogens with one attached hydrogen (secondary N) is 1. The highest BCUT2D eigenvalue weighted by Crippen LogP contribution is 2.27. The first kappa shape index (κ1) is 21.4. The van der Waals surface area contributed by atoms with E-state index in [0.717, 1.165) is 54.4 Å². The van der Waals surface area contributed by atoms with Gasteiger partial charge in [0.15, 0.2) is 5.52 Å². The predicted octanol–water partition coefficient (Wildman–Crippen LogP) is 4.93. The number of H-pyrrole nitrogens is 1. The molecule has 0 radical (unpaired) electrons. The van der Waals surface area contributed by atoms with Crippen molar-refractivity contribution in [2.75, 3.05) is 6.54 Å². The Morgan fingerprint density at radius 2 is 2.03 bits per heavy atom. The molecule has 1 fully saturated rings. The normalized spacial score (nSPS) is 14.6. The molecule has 0 atom stereocenters. The van der Waals surface area contributed by atoms with Gasteiger partial charge in [-0.3, -0.25) is 9.78 Å². The van der Waals surface area contributed by atoms with Crippen LogP contribution in [0.3, 0.4) is 0 Å². The van der Waals surface area contributed by atoms with Crippen molar-refractivity contribution in [3.05, 3.63) is 59.6 Å². The number of nitrogens with zero attached hydrogens (tertiary/aromatic N) is 3. The molecule has 0 bridgehead atoms. The van der Waals surface area contributed by atoms with Crippen LogP contribution in [0.5, 0.6) is 0 Å². The molecule has 31 heavy (non-hydrogen) atoms. The maximum atomic E-state index is 14.4. The third-order valence-electron chi connectivity index (χ3n) is 6.04. The lowest BCUT2D eigenvalue weighted by molar-refractivity contribution is -0.706. The summed E-state index contributed by atoms with van der Waals surface area (Å²) in [5, 5.41) is 0. The number of aromatic amines is 1. The standard InChI is InChI=1S/C24H28F2N4O/c1-16(2)11-13-29(24(31)19-14-17(25)9-10-20(19)26)15-22-28-21-8-5-12-27-23(21)30(22)18-6-3-4-7-18/h5,8-10,12,14,16,18H,3-4,6-7,11,13,15H2,1-2H3/p+1. The van der Waals surface area contributed by atoms with E-state index in [1.165, 1.54) is 12.8 Å². The fourth-order valence-electron chi connectivity index (χ4n) is 4.38. The summed E-state index contributed by atoms with van der Waals surface area (Å²) in [6.07, 6.45) is 7.02. The van der Waals surface area contributed by atoms with Crippen molar-refractivity contribution in [1.29, 1.82) is 0 Å². The lowest BCUT2D eigenvalue weighted by Crippen LogP contribution is -2.45. The maximum Gasteiger partial charge on any atom is 0.301 e. The highest BCUT2D eigenvalue weighted by Gasteiger charge is 2.31. The molecular weight excluding hydrogens is 398 g/mol. The highest BCUT2D eigenvalue weighted by molar-refractivity contribution is 5.94. The van der Waals surface area contributed by atoms with E-state index in [4.69, 9.17) is 0 Å². The zero-order valence-electron chi connectivity index (χ0n) is 18.1. The van der Waals surface area contributed by atoms with Gasteiger partial charge in [-0.2, -0.15) is 0 Å². The number of fused-ring (bicyclic) bond motifs is 1. The largest absolute Gasteiger partial charge is 0.328 e. The quantitative estimate of drug-likeness (QED) is 0.544. The minimum atomic E-state index is -0.706. The molecule has 1 N–H and O–H groups in total. The molecule has 0 aliphatic heterocycles. The lowest BCUT2D eigenvalue weighted by Gasteiger charge is -2.23. The topological polar surface area (TPSA) is 52.9 Å². The van der Waals surface area contributed by atoms with Crippen molar-refractivity contribution in [3.63, 3.8) is 0 Å². The number of rotatable bonds is 7. The summed E-state index contributed by atoms with van der Waals surface area (Å²) in [5.41, 5.74) is 1.56. The van der Waals surface area contributed by atoms with Crippen LogP contribution in [0.4, 0.5) is 8.78 Å². The second-order valence-corrected chi connectivity index (χ2v) is 8.79. The monoisotopic (exact) mass is 427 g/mol. The van der Waals surface area contributed by atoms with E-state index in [1.54, 1.807) is 11.1 Å². The van der Waals surface area contributed by atoms with Crippen molar-refractivity contribution >= 4 is 17.1 Å². The summed E-state index contributed by atoms with van der Waals surface area (Å²) >= 11 is 0. The predicted molar refractivity (Wildman–Crippen MR) is 114 cm³/mol. The summed E-state index contributed by atoms with van der Waals surface area (Å²) in [7, 11) is 0. The number of halogens is 2. The molecule has 2 aromatic heterocycles. The molecule has 0 unspecified atom stereocenters. The minimum Gasteiger partial charge on any atom is -0.328 e. The van der Waals surface area contributed by atoms with Gasteiger partial charge >= 0.3 is 5.65 Å². The van der Waals surface area contributed by atoms with E-state index >= 15 is 0 Å². The number of hydrogen-bond acceptors (Lipinski definition) is 2. The van der Waals surface area contributed by atoms with Crippen molar-refractivity contribution in [2.24, 2.45) is 5.92 Å². The van der Waals surface area contributed by atoms with E-state index in [9.17, 15) is 13.6 Å². The fourth-order valence-corrected chi connectivity index (χ4v) is 4.38. The zero-order chi connectivity index (χ0) is 22.0. The third-order valence-corrected chi connectivity index (χ3v) is 6.04. The lowest BCUT2D eigenvalue weighted by atomic mass is 10.1. The Hall–Kier alpha value is -2.83. The average molecular weight is 428 g/mol. The van der Waals surface area contributed by atoms with Crippen molar-refractivity contribution in [3.8, 4) is 0 Å². The first-order chi connectivity index (χ1) is 14.9. The van der Waals surface area contributed by atoms with Crippen LogP contribution in [0.2, 0.25) is 0 Å². The maximum absolute atomic E-state index is 14.4. The van der Waals surface area contributed by atoms with Gasteiger partial charge in [-0.25, -0.2) is 13.3 Å². The SMILES string of the molecule is CC(C)CCN(Cc1[nH]c2cccnc2[n+]1C1CCCC1)C(=O)c1cc(F)ccc1F. The van der Waals surface area contributed by atoms with Gasteiger partial charge in [0.2, 0.25) is 5.82 Å². The van der Waals surface area contributed by atoms with E-state index in [-0.39, 0.29) is 12.1 Å². The molecule has 1 aliphatic carbocycles. The summed E-state index contributed by atoms with van der Waals surface area (Å²) in [6, 6.07) is 7.20. The molecule has 0 saturated heterocycles. The van der Waals surface area contributed by atoms with Crippen molar-refractivity contribution in [2.45, 2.75) is 58.5 Å². The van der Waals surface area contributed by atoms with Crippen LogP contribution in [0, 0.1) is 17.6 Å². The van der Waals surface area contributed by atoms with E-state index in [1.807, 2.05) is 12.1 Å². The van der Waals surface area contributed by atoms with Crippen LogP contribution in [-0.4, -0.2) is 27.3 Å². The Kier molecular flexibility index (Phi) is 6.30. The van der Waals surface area contributed by atoms with Gasteiger partial charge in [0.1, 0.15) is 24.4 Å². The average Bonchev–Trinajstić information content (AvgIpc) is 3.39. The van der Waals surface area contributed by atoms with Gasteiger partial charge in [0.25, 0.3) is 5.91 Å². The highest BCUT2D eigenvalue weighted by atomic mass is 19.1. The summed E-state index contributed by atoms with van der Waals surface area (Å²) in [6.45, 7) is 4.91. The van der Waals surface area contributed by atoms with Gasteiger partial charge in [0, 0.05) is 6.54 Å². The number of carbonyl (C=O) groups excluding carboxylic acids is 1. The molecule has 1 saturated carbocycles. The number of benzene rings is 1. The number of pyridine rings is 1. The Morgan fingerprint density at radius 1 is 1.26 bits per heavy atom. The zero-order valence-corrected chi connectivity index (χ0v) is 18.1. The van der Waals surface area contributed by atoms with Crippen LogP contribution in [0.25, 0.3) is 11.2 Å². The van der Waals surface area contributed by atoms with Gasteiger partial charge < -0.3 is 4.90 Å². The summed E-state index contributed by atoms with van der Waals surface area (Å²) in [5.74, 6) is -0.580. The number of hydrogen-bond donors (Lipinski definition) is 1. The van der Waals surface area contributed by atoms with Crippen LogP contribution >= 0.6 is 0 Å². The minimum absolute atomic E-state index is 0.231. The molecule has 1 aromatic carbocycles. The summed E-state index contributed by atoms with van der Waals surface area (Å²) in [4.78, 5) is 22.9. The molecule has 1 amide bonds. The number of aromatic nitrogens is 3. The molecule has 3 aromatic rings. The Bertz CT molecular complexity index is 1070. The Labute approximate surface area is 181 Å². The van der Waals surface area contributed by atoms with Crippen molar-refractivity contribution < 1.29 is 18.1 Å². The van der Waals surface area contributed by atoms with Crippen LogP contribution in [-0.2, 0) is 6.54 Å². The molecule has 4 rings (SSSR count). The molecule has 164 valence electrons. The molecule has 2 heterocycles. The molecule has 1 aliphatic rings. The Balaban J connectivity index is 1.71. The second kappa shape index (κ2) is 9.12. The van der Waals surface area contributed by atoms with Crippen molar-refractivity contribution in [1.82, 2.24) is 14.9 Å². The van der Waals surface area contributed by atoms with Crippen LogP contribution in [0.1, 0.15) is 68.2 Å². The van der Waals surface area contributed by atoms with Gasteiger partial charge in [-0.05, 0) is 68.4 Å². The third kappa shape index (κ3) is 4.60. The number of imidazole rings is 1. The first-order valence-corrected chi connectivity index (χ1v) is 11.1. The molecular formula is C24H29F2N4O+. The van der Waals surface area contributed by atoms with Gasteiger partial charge in [-0.15, -0.1) is 4.98 Å². The van der Waals surface area contributed by atoms with Crippen LogP contribution < -0.4 is 4.57 Å². The first-order valence-electron chi connectivity index (χ1n) is 11.1. The van der Waals surface area contributed by atoms with E-state index < -0.39 is 17.5 Å². The second-order valence-electron chi connectivity index (χ2n) is 8.79. The van der Waals surface area contributed by atoms with Gasteiger partial charge in [-0.1, -0.05) is 13.8 Å².